The van der Waals surface area contributed by atoms with Crippen molar-refractivity contribution in [2.45, 2.75) is 26.8 Å². The number of hydrogen-bond acceptors (Lipinski definition) is 3. The largest absolute Gasteiger partial charge is 0.324 e. The maximum atomic E-state index is 12.5. The first-order chi connectivity index (χ1) is 11.6. The van der Waals surface area contributed by atoms with E-state index < -0.39 is 0 Å². The highest BCUT2D eigenvalue weighted by atomic mass is 16.2. The van der Waals surface area contributed by atoms with E-state index in [9.17, 15) is 9.59 Å². The lowest BCUT2D eigenvalue weighted by molar-refractivity contribution is -0.116. The zero-order valence-corrected chi connectivity index (χ0v) is 13.7. The van der Waals surface area contributed by atoms with Crippen LogP contribution in [0.1, 0.15) is 18.1 Å². The Kier molecular flexibility index (Phi) is 4.42. The molecule has 5 heteroatoms. The summed E-state index contributed by atoms with van der Waals surface area (Å²) in [7, 11) is 0. The molecule has 0 aliphatic rings. The molecule has 0 aliphatic carbocycles. The fourth-order valence-corrected chi connectivity index (χ4v) is 2.75. The van der Waals surface area contributed by atoms with Crippen molar-refractivity contribution in [1.29, 1.82) is 0 Å². The van der Waals surface area contributed by atoms with Crippen molar-refractivity contribution in [2.24, 2.45) is 0 Å². The lowest BCUT2D eigenvalue weighted by Crippen LogP contribution is -2.28. The molecule has 1 aromatic heterocycles. The average molecular weight is 321 g/mol. The molecule has 1 heterocycles. The van der Waals surface area contributed by atoms with E-state index in [4.69, 9.17) is 0 Å². The number of aryl methyl sites for hydroxylation is 2. The Hall–Kier alpha value is -2.95. The molecule has 0 unspecified atom stereocenters. The summed E-state index contributed by atoms with van der Waals surface area (Å²) in [4.78, 5) is 29.2. The predicted octanol–water partition coefficient (Wildman–Crippen LogP) is 2.91. The fourth-order valence-electron chi connectivity index (χ4n) is 2.75. The van der Waals surface area contributed by atoms with Crippen LogP contribution in [0.4, 0.5) is 5.69 Å². The minimum atomic E-state index is -0.244. The summed E-state index contributed by atoms with van der Waals surface area (Å²) in [6, 6.07) is 13.1. The third kappa shape index (κ3) is 3.06. The molecule has 1 N–H and O–H groups in total. The van der Waals surface area contributed by atoms with Crippen molar-refractivity contribution >= 4 is 22.5 Å². The summed E-state index contributed by atoms with van der Waals surface area (Å²) >= 11 is 0. The molecule has 2 aromatic carbocycles. The number of amides is 1. The van der Waals surface area contributed by atoms with Crippen LogP contribution in [0.15, 0.2) is 53.6 Å². The van der Waals surface area contributed by atoms with Gasteiger partial charge in [0.15, 0.2) is 0 Å². The first kappa shape index (κ1) is 15.9. The van der Waals surface area contributed by atoms with Gasteiger partial charge in [0.25, 0.3) is 5.56 Å². The van der Waals surface area contributed by atoms with Gasteiger partial charge in [-0.2, -0.15) is 0 Å². The lowest BCUT2D eigenvalue weighted by Gasteiger charge is -2.11. The standard InChI is InChI=1S/C19H19N3O2/c1-3-14-8-4-5-10-16(14)21-17(23)11-22-12-20-18-13(2)7-6-9-15(18)19(22)24/h4-10,12H,3,11H2,1-2H3,(H,21,23). The Morgan fingerprint density at radius 2 is 1.96 bits per heavy atom. The Bertz CT molecular complexity index is 960. The second-order valence-corrected chi connectivity index (χ2v) is 5.71. The van der Waals surface area contributed by atoms with Crippen molar-refractivity contribution in [1.82, 2.24) is 9.55 Å². The minimum Gasteiger partial charge on any atom is -0.324 e. The lowest BCUT2D eigenvalue weighted by atomic mass is 10.1. The second-order valence-electron chi connectivity index (χ2n) is 5.71. The molecule has 0 aliphatic heterocycles. The molecule has 0 spiro atoms. The molecular weight excluding hydrogens is 302 g/mol. The number of benzene rings is 2. The number of hydrogen-bond donors (Lipinski definition) is 1. The number of aromatic nitrogens is 2. The van der Waals surface area contributed by atoms with Gasteiger partial charge in [-0.1, -0.05) is 37.3 Å². The SMILES string of the molecule is CCc1ccccc1NC(=O)Cn1cnc2c(C)cccc2c1=O. The topological polar surface area (TPSA) is 64.0 Å². The third-order valence-electron chi connectivity index (χ3n) is 4.04. The van der Waals surface area contributed by atoms with Crippen molar-refractivity contribution < 1.29 is 4.79 Å². The Morgan fingerprint density at radius 3 is 2.75 bits per heavy atom. The van der Waals surface area contributed by atoms with Crippen LogP contribution in [0.25, 0.3) is 10.9 Å². The smallest absolute Gasteiger partial charge is 0.261 e. The van der Waals surface area contributed by atoms with Crippen LogP contribution in [0, 0.1) is 6.92 Å². The van der Waals surface area contributed by atoms with Gasteiger partial charge in [0.1, 0.15) is 6.54 Å². The average Bonchev–Trinajstić information content (AvgIpc) is 2.58. The summed E-state index contributed by atoms with van der Waals surface area (Å²) in [6.07, 6.45) is 2.26. The van der Waals surface area contributed by atoms with Gasteiger partial charge in [0, 0.05) is 5.69 Å². The van der Waals surface area contributed by atoms with E-state index in [0.717, 1.165) is 23.2 Å². The predicted molar refractivity (Wildman–Crippen MR) is 95.2 cm³/mol. The van der Waals surface area contributed by atoms with Crippen LogP contribution < -0.4 is 10.9 Å². The first-order valence-electron chi connectivity index (χ1n) is 7.92. The Morgan fingerprint density at radius 1 is 1.17 bits per heavy atom. The van der Waals surface area contributed by atoms with Gasteiger partial charge in [-0.15, -0.1) is 0 Å². The summed E-state index contributed by atoms with van der Waals surface area (Å²) in [6.45, 7) is 3.88. The highest BCUT2D eigenvalue weighted by Gasteiger charge is 2.10. The summed E-state index contributed by atoms with van der Waals surface area (Å²) < 4.78 is 1.34. The van der Waals surface area contributed by atoms with E-state index in [0.29, 0.717) is 10.9 Å². The molecule has 0 saturated carbocycles. The third-order valence-corrected chi connectivity index (χ3v) is 4.04. The molecule has 5 nitrogen and oxygen atoms in total. The molecule has 0 radical (unpaired) electrons. The van der Waals surface area contributed by atoms with Crippen molar-refractivity contribution in [3.63, 3.8) is 0 Å². The zero-order chi connectivity index (χ0) is 17.1. The van der Waals surface area contributed by atoms with Crippen molar-refractivity contribution in [3.05, 3.63) is 70.3 Å². The number of nitrogens with zero attached hydrogens (tertiary/aromatic N) is 2. The quantitative estimate of drug-likeness (QED) is 0.803. The van der Waals surface area contributed by atoms with E-state index in [1.165, 1.54) is 10.9 Å². The van der Waals surface area contributed by atoms with Crippen LogP contribution in [-0.4, -0.2) is 15.5 Å². The molecule has 3 aromatic rings. The van der Waals surface area contributed by atoms with Crippen LogP contribution in [0.3, 0.4) is 0 Å². The van der Waals surface area contributed by atoms with E-state index in [-0.39, 0.29) is 18.0 Å². The van der Waals surface area contributed by atoms with E-state index in [1.807, 2.05) is 50.2 Å². The molecule has 24 heavy (non-hydrogen) atoms. The highest BCUT2D eigenvalue weighted by molar-refractivity contribution is 5.91. The maximum Gasteiger partial charge on any atom is 0.261 e. The van der Waals surface area contributed by atoms with Gasteiger partial charge in [-0.05, 0) is 36.6 Å². The van der Waals surface area contributed by atoms with Gasteiger partial charge < -0.3 is 5.32 Å². The summed E-state index contributed by atoms with van der Waals surface area (Å²) in [5.41, 5.74) is 3.25. The number of carbonyl (C=O) groups is 1. The van der Waals surface area contributed by atoms with Crippen LogP contribution in [0.5, 0.6) is 0 Å². The van der Waals surface area contributed by atoms with Crippen LogP contribution in [0.2, 0.25) is 0 Å². The van der Waals surface area contributed by atoms with Gasteiger partial charge in [-0.25, -0.2) is 4.98 Å². The first-order valence-corrected chi connectivity index (χ1v) is 7.92. The van der Waals surface area contributed by atoms with Crippen molar-refractivity contribution in [3.8, 4) is 0 Å². The Balaban J connectivity index is 1.86. The Labute approximate surface area is 140 Å². The summed E-state index contributed by atoms with van der Waals surface area (Å²) in [5.74, 6) is -0.244. The number of fused-ring (bicyclic) bond motifs is 1. The molecule has 1 amide bonds. The van der Waals surface area contributed by atoms with Gasteiger partial charge in [0.05, 0.1) is 17.2 Å². The van der Waals surface area contributed by atoms with Crippen LogP contribution >= 0.6 is 0 Å². The molecule has 0 bridgehead atoms. The monoisotopic (exact) mass is 321 g/mol. The maximum absolute atomic E-state index is 12.5. The molecule has 0 fully saturated rings. The number of rotatable bonds is 4. The molecule has 0 saturated heterocycles. The molecular formula is C19H19N3O2. The number of para-hydroxylation sites is 2. The molecule has 3 rings (SSSR count). The number of anilines is 1. The van der Waals surface area contributed by atoms with Gasteiger partial charge in [0.2, 0.25) is 5.91 Å². The fraction of sp³-hybridized carbons (Fsp3) is 0.211. The van der Waals surface area contributed by atoms with E-state index >= 15 is 0 Å². The zero-order valence-electron chi connectivity index (χ0n) is 13.7. The van der Waals surface area contributed by atoms with E-state index in [2.05, 4.69) is 10.3 Å². The number of carbonyl (C=O) groups excluding carboxylic acids is 1. The van der Waals surface area contributed by atoms with Gasteiger partial charge in [-0.3, -0.25) is 14.2 Å². The second kappa shape index (κ2) is 6.66. The van der Waals surface area contributed by atoms with Gasteiger partial charge >= 0.3 is 0 Å². The molecule has 122 valence electrons. The molecule has 0 atom stereocenters. The normalized spacial score (nSPS) is 10.8. The number of nitrogens with one attached hydrogen (secondary N) is 1. The summed E-state index contributed by atoms with van der Waals surface area (Å²) in [5, 5.41) is 3.40. The van der Waals surface area contributed by atoms with Crippen LogP contribution in [-0.2, 0) is 17.8 Å². The highest BCUT2D eigenvalue weighted by Crippen LogP contribution is 2.15. The van der Waals surface area contributed by atoms with Crippen molar-refractivity contribution in [2.75, 3.05) is 5.32 Å². The minimum absolute atomic E-state index is 0.0617. The van der Waals surface area contributed by atoms with E-state index in [1.54, 1.807) is 6.07 Å².